The maximum absolute atomic E-state index is 11.4. The van der Waals surface area contributed by atoms with Gasteiger partial charge in [-0.05, 0) is 46.5 Å². The van der Waals surface area contributed by atoms with Crippen LogP contribution in [0.5, 0.6) is 0 Å². The number of benzene rings is 3. The predicted octanol–water partition coefficient (Wildman–Crippen LogP) is 5.19. The zero-order valence-corrected chi connectivity index (χ0v) is 25.2. The molecular formula is C32H34N2O6S2. The highest BCUT2D eigenvalue weighted by atomic mass is 32.2. The lowest BCUT2D eigenvalue weighted by Crippen LogP contribution is -2.35. The van der Waals surface area contributed by atoms with E-state index in [0.717, 1.165) is 38.6 Å². The van der Waals surface area contributed by atoms with Crippen LogP contribution in [0.2, 0.25) is 0 Å². The van der Waals surface area contributed by atoms with E-state index in [0.29, 0.717) is 19.5 Å². The molecule has 220 valence electrons. The second kappa shape index (κ2) is 11.6. The standard InChI is InChI=1S/C32H34N2O6S2/c1-32(2)30(34(20-9-23-42(38,39)40)29-17-16-24-10-3-4-13-27(24)31(29)32)15-7-11-25-18-21-33(19-8-22-41(35,36)37)28-14-6-5-12-26(25)28/h3-7,10-18,21H,8-9,19-20,22-23H2,1-2H3,(H-,35,36,37,38,39,40). The summed E-state index contributed by atoms with van der Waals surface area (Å²) in [6, 6.07) is 22.2. The molecule has 4 aromatic rings. The molecule has 3 aromatic carbocycles. The number of hydrogen-bond acceptors (Lipinski definition) is 6. The molecule has 0 saturated carbocycles. The topological polar surface area (TPSA) is 119 Å². The SMILES string of the molecule is CC1(C)/C(=C/C=C/c2cc[n+](CCCS(=O)(=O)O)c3ccccc23)N(CCCS(=O)(=O)[O-])c2ccc3ccccc3c21. The molecule has 0 amide bonds. The fraction of sp³-hybridized carbons (Fsp3) is 0.281. The number of anilines is 1. The van der Waals surface area contributed by atoms with Gasteiger partial charge in [0.15, 0.2) is 6.20 Å². The van der Waals surface area contributed by atoms with E-state index in [2.05, 4.69) is 49.1 Å². The number of pyridine rings is 1. The van der Waals surface area contributed by atoms with Crippen molar-refractivity contribution in [3.63, 3.8) is 0 Å². The molecule has 0 fully saturated rings. The first kappa shape index (κ1) is 29.9. The van der Waals surface area contributed by atoms with E-state index in [1.807, 2.05) is 65.4 Å². The van der Waals surface area contributed by atoms with E-state index < -0.39 is 26.0 Å². The summed E-state index contributed by atoms with van der Waals surface area (Å²) in [6.45, 7) is 5.17. The van der Waals surface area contributed by atoms with Gasteiger partial charge in [-0.3, -0.25) is 4.55 Å². The van der Waals surface area contributed by atoms with Crippen LogP contribution < -0.4 is 9.47 Å². The quantitative estimate of drug-likeness (QED) is 0.195. The molecule has 42 heavy (non-hydrogen) atoms. The number of allylic oxidation sites excluding steroid dienone is 3. The Morgan fingerprint density at radius 3 is 2.36 bits per heavy atom. The average molecular weight is 607 g/mol. The summed E-state index contributed by atoms with van der Waals surface area (Å²) in [5.41, 5.74) is 4.73. The number of nitrogens with zero attached hydrogens (tertiary/aromatic N) is 2. The number of para-hydroxylation sites is 1. The first-order valence-corrected chi connectivity index (χ1v) is 17.0. The molecule has 5 rings (SSSR count). The molecule has 1 N–H and O–H groups in total. The van der Waals surface area contributed by atoms with Crippen molar-refractivity contribution < 1.29 is 30.5 Å². The number of aryl methyl sites for hydroxylation is 1. The van der Waals surface area contributed by atoms with Crippen LogP contribution in [0.15, 0.2) is 90.8 Å². The van der Waals surface area contributed by atoms with E-state index in [1.54, 1.807) is 0 Å². The van der Waals surface area contributed by atoms with E-state index in [1.165, 1.54) is 5.56 Å². The summed E-state index contributed by atoms with van der Waals surface area (Å²) in [7, 11) is -8.33. The van der Waals surface area contributed by atoms with Crippen LogP contribution in [0.4, 0.5) is 5.69 Å². The molecule has 2 heterocycles. The van der Waals surface area contributed by atoms with Crippen molar-refractivity contribution in [2.24, 2.45) is 0 Å². The van der Waals surface area contributed by atoms with Crippen molar-refractivity contribution in [2.75, 3.05) is 23.0 Å². The molecular weight excluding hydrogens is 572 g/mol. The Labute approximate surface area is 247 Å². The number of fused-ring (bicyclic) bond motifs is 4. The van der Waals surface area contributed by atoms with Gasteiger partial charge in [0.1, 0.15) is 6.54 Å². The molecule has 1 aliphatic heterocycles. The average Bonchev–Trinajstić information content (AvgIpc) is 3.14. The minimum atomic E-state index is -4.32. The van der Waals surface area contributed by atoms with Crippen molar-refractivity contribution in [1.29, 1.82) is 0 Å². The minimum absolute atomic E-state index is 0.218. The molecule has 0 aliphatic carbocycles. The second-order valence-electron chi connectivity index (χ2n) is 11.1. The maximum Gasteiger partial charge on any atom is 0.265 e. The summed E-state index contributed by atoms with van der Waals surface area (Å²) in [4.78, 5) is 2.13. The monoisotopic (exact) mass is 606 g/mol. The van der Waals surface area contributed by atoms with Crippen molar-refractivity contribution in [1.82, 2.24) is 0 Å². The summed E-state index contributed by atoms with van der Waals surface area (Å²) < 4.78 is 67.5. The van der Waals surface area contributed by atoms with Crippen molar-refractivity contribution in [3.8, 4) is 0 Å². The van der Waals surface area contributed by atoms with E-state index in [-0.39, 0.29) is 17.6 Å². The molecule has 8 nitrogen and oxygen atoms in total. The van der Waals surface area contributed by atoms with Gasteiger partial charge in [-0.1, -0.05) is 68.5 Å². The first-order valence-electron chi connectivity index (χ1n) is 13.8. The van der Waals surface area contributed by atoms with Crippen LogP contribution >= 0.6 is 0 Å². The van der Waals surface area contributed by atoms with E-state index >= 15 is 0 Å². The fourth-order valence-corrected chi connectivity index (χ4v) is 6.96. The minimum Gasteiger partial charge on any atom is -0.748 e. The Bertz CT molecular complexity index is 1930. The Morgan fingerprint density at radius 2 is 1.62 bits per heavy atom. The van der Waals surface area contributed by atoms with Crippen molar-refractivity contribution in [2.45, 2.75) is 38.6 Å². The Morgan fingerprint density at radius 1 is 0.905 bits per heavy atom. The van der Waals surface area contributed by atoms with Crippen molar-refractivity contribution in [3.05, 3.63) is 102 Å². The van der Waals surface area contributed by atoms with E-state index in [4.69, 9.17) is 4.55 Å². The van der Waals surface area contributed by atoms with Gasteiger partial charge in [0, 0.05) is 47.7 Å². The van der Waals surface area contributed by atoms with Crippen LogP contribution in [0.3, 0.4) is 0 Å². The third-order valence-electron chi connectivity index (χ3n) is 7.82. The molecule has 0 unspecified atom stereocenters. The van der Waals surface area contributed by atoms with Crippen LogP contribution in [0.25, 0.3) is 27.8 Å². The highest BCUT2D eigenvalue weighted by molar-refractivity contribution is 7.85. The van der Waals surface area contributed by atoms with Gasteiger partial charge in [0.2, 0.25) is 5.52 Å². The van der Waals surface area contributed by atoms with Crippen LogP contribution in [0, 0.1) is 0 Å². The van der Waals surface area contributed by atoms with Gasteiger partial charge in [-0.2, -0.15) is 13.0 Å². The van der Waals surface area contributed by atoms with Gasteiger partial charge >= 0.3 is 0 Å². The molecule has 0 spiro atoms. The van der Waals surface area contributed by atoms with Crippen molar-refractivity contribution >= 4 is 53.7 Å². The van der Waals surface area contributed by atoms with Gasteiger partial charge in [-0.15, -0.1) is 0 Å². The molecule has 1 aromatic heterocycles. The highest BCUT2D eigenvalue weighted by Crippen LogP contribution is 2.50. The largest absolute Gasteiger partial charge is 0.748 e. The molecule has 0 saturated heterocycles. The highest BCUT2D eigenvalue weighted by Gasteiger charge is 2.40. The Kier molecular flexibility index (Phi) is 8.26. The predicted molar refractivity (Wildman–Crippen MR) is 166 cm³/mol. The number of rotatable bonds is 10. The Balaban J connectivity index is 1.51. The summed E-state index contributed by atoms with van der Waals surface area (Å²) >= 11 is 0. The summed E-state index contributed by atoms with van der Waals surface area (Å²) in [6.07, 6.45) is 8.50. The molecule has 1 aliphatic rings. The fourth-order valence-electron chi connectivity index (χ4n) is 5.98. The lowest BCUT2D eigenvalue weighted by atomic mass is 9.81. The molecule has 0 radical (unpaired) electrons. The van der Waals surface area contributed by atoms with Crippen LogP contribution in [0.1, 0.15) is 37.8 Å². The number of hydrogen-bond donors (Lipinski definition) is 1. The lowest BCUT2D eigenvalue weighted by Gasteiger charge is -2.27. The van der Waals surface area contributed by atoms with Gasteiger partial charge < -0.3 is 9.45 Å². The van der Waals surface area contributed by atoms with Gasteiger partial charge in [-0.25, -0.2) is 8.42 Å². The lowest BCUT2D eigenvalue weighted by molar-refractivity contribution is -0.671. The summed E-state index contributed by atoms with van der Waals surface area (Å²) in [5, 5.41) is 3.27. The zero-order chi connectivity index (χ0) is 30.1. The van der Waals surface area contributed by atoms with Crippen LogP contribution in [-0.2, 0) is 32.2 Å². The zero-order valence-electron chi connectivity index (χ0n) is 23.6. The Hall–Kier alpha value is -3.57. The number of aromatic nitrogens is 1. The second-order valence-corrected chi connectivity index (χ2v) is 14.2. The summed E-state index contributed by atoms with van der Waals surface area (Å²) in [5.74, 6) is -0.718. The third-order valence-corrected chi connectivity index (χ3v) is 9.41. The molecule has 0 bridgehead atoms. The maximum atomic E-state index is 11.4. The first-order chi connectivity index (χ1) is 19.9. The van der Waals surface area contributed by atoms with Gasteiger partial charge in [0.25, 0.3) is 10.1 Å². The molecule has 10 heteroatoms. The van der Waals surface area contributed by atoms with E-state index in [9.17, 15) is 21.4 Å². The smallest absolute Gasteiger partial charge is 0.265 e. The molecule has 0 atom stereocenters. The van der Waals surface area contributed by atoms with Gasteiger partial charge in [0.05, 0.1) is 21.3 Å². The third kappa shape index (κ3) is 6.42. The van der Waals surface area contributed by atoms with Crippen LogP contribution in [-0.4, -0.2) is 44.0 Å². The normalized spacial score (nSPS) is 16.2.